The van der Waals surface area contributed by atoms with Crippen molar-refractivity contribution in [3.8, 4) is 0 Å². The van der Waals surface area contributed by atoms with E-state index in [1.807, 2.05) is 0 Å². The fraction of sp³-hybridized carbons (Fsp3) is 0.462. The Morgan fingerprint density at radius 2 is 2.14 bits per heavy atom. The third-order valence-electron chi connectivity index (χ3n) is 3.00. The average Bonchev–Trinajstić information content (AvgIpc) is 2.45. The van der Waals surface area contributed by atoms with Crippen molar-refractivity contribution in [1.82, 2.24) is 5.32 Å². The minimum absolute atomic E-state index is 0.103. The number of rotatable bonds is 3. The molecule has 1 atom stereocenters. The van der Waals surface area contributed by atoms with Crippen LogP contribution in [0, 0.1) is 0 Å². The lowest BCUT2D eigenvalue weighted by molar-refractivity contribution is -0.136. The Labute approximate surface area is 119 Å². The van der Waals surface area contributed by atoms with Gasteiger partial charge in [-0.25, -0.2) is 0 Å². The van der Waals surface area contributed by atoms with E-state index in [1.54, 1.807) is 0 Å². The van der Waals surface area contributed by atoms with Crippen molar-refractivity contribution in [1.29, 1.82) is 0 Å². The molecular weight excluding hydrogens is 289 g/mol. The fourth-order valence-electron chi connectivity index (χ4n) is 1.91. The quantitative estimate of drug-likeness (QED) is 0.829. The van der Waals surface area contributed by atoms with Crippen molar-refractivity contribution in [2.75, 3.05) is 32.1 Å². The summed E-state index contributed by atoms with van der Waals surface area (Å²) in [5.41, 5.74) is 3.74. The van der Waals surface area contributed by atoms with E-state index >= 15 is 0 Å². The number of hydrogen-bond donors (Lipinski definition) is 2. The molecule has 21 heavy (non-hydrogen) atoms. The van der Waals surface area contributed by atoms with Gasteiger partial charge in [0.25, 0.3) is 5.91 Å². The van der Waals surface area contributed by atoms with Gasteiger partial charge in [-0.05, 0) is 18.2 Å². The van der Waals surface area contributed by atoms with E-state index < -0.39 is 23.3 Å². The highest BCUT2D eigenvalue weighted by molar-refractivity contribution is 5.94. The monoisotopic (exact) mass is 304 g/mol. The molecule has 0 aliphatic carbocycles. The molecule has 1 aromatic carbocycles. The molecule has 8 heteroatoms. The Hall–Kier alpha value is -1.80. The Bertz CT molecular complexity index is 514. The van der Waals surface area contributed by atoms with Crippen LogP contribution in [0.3, 0.4) is 0 Å². The lowest BCUT2D eigenvalue weighted by atomic mass is 10.1. The van der Waals surface area contributed by atoms with Gasteiger partial charge in [0, 0.05) is 17.8 Å². The minimum atomic E-state index is -4.60. The van der Waals surface area contributed by atoms with Crippen LogP contribution in [0.5, 0.6) is 0 Å². The zero-order chi connectivity index (χ0) is 15.5. The maximum Gasteiger partial charge on any atom is 0.418 e. The van der Waals surface area contributed by atoms with Crippen LogP contribution in [-0.4, -0.2) is 38.4 Å². The summed E-state index contributed by atoms with van der Waals surface area (Å²) in [5.74, 6) is -0.616. The summed E-state index contributed by atoms with van der Waals surface area (Å²) < 4.78 is 48.6. The number of ether oxygens (including phenoxy) is 2. The topological polar surface area (TPSA) is 73.6 Å². The number of benzene rings is 1. The van der Waals surface area contributed by atoms with Crippen molar-refractivity contribution < 1.29 is 27.4 Å². The van der Waals surface area contributed by atoms with Crippen molar-refractivity contribution in [2.24, 2.45) is 0 Å². The highest BCUT2D eigenvalue weighted by Gasteiger charge is 2.33. The summed E-state index contributed by atoms with van der Waals surface area (Å²) in [6, 6.07) is 3.05. The third-order valence-corrected chi connectivity index (χ3v) is 3.00. The molecule has 0 spiro atoms. The predicted molar refractivity (Wildman–Crippen MR) is 68.7 cm³/mol. The minimum Gasteiger partial charge on any atom is -0.398 e. The molecule has 5 nitrogen and oxygen atoms in total. The van der Waals surface area contributed by atoms with E-state index in [1.165, 1.54) is 6.07 Å². The van der Waals surface area contributed by atoms with Crippen LogP contribution in [0.2, 0.25) is 0 Å². The van der Waals surface area contributed by atoms with E-state index in [4.69, 9.17) is 15.2 Å². The largest absolute Gasteiger partial charge is 0.418 e. The highest BCUT2D eigenvalue weighted by atomic mass is 19.4. The molecule has 116 valence electrons. The molecule has 1 aliphatic heterocycles. The van der Waals surface area contributed by atoms with Crippen LogP contribution >= 0.6 is 0 Å². The summed E-state index contributed by atoms with van der Waals surface area (Å²) in [6.45, 7) is 1.44. The molecule has 1 aliphatic rings. The van der Waals surface area contributed by atoms with Gasteiger partial charge in [0.05, 0.1) is 31.5 Å². The van der Waals surface area contributed by atoms with Crippen LogP contribution in [0.15, 0.2) is 18.2 Å². The Morgan fingerprint density at radius 1 is 1.38 bits per heavy atom. The summed E-state index contributed by atoms with van der Waals surface area (Å²) in [6.07, 6.45) is -4.89. The number of alkyl halides is 3. The van der Waals surface area contributed by atoms with Gasteiger partial charge in [-0.3, -0.25) is 4.79 Å². The summed E-state index contributed by atoms with van der Waals surface area (Å²) in [5, 5.41) is 2.51. The van der Waals surface area contributed by atoms with Crippen LogP contribution < -0.4 is 11.1 Å². The maximum absolute atomic E-state index is 12.7. The lowest BCUT2D eigenvalue weighted by Gasteiger charge is -2.23. The number of hydrogen-bond acceptors (Lipinski definition) is 4. The van der Waals surface area contributed by atoms with Crippen LogP contribution in [0.1, 0.15) is 15.9 Å². The average molecular weight is 304 g/mol. The molecule has 0 saturated carbocycles. The first-order chi connectivity index (χ1) is 9.88. The summed E-state index contributed by atoms with van der Waals surface area (Å²) in [7, 11) is 0. The van der Waals surface area contributed by atoms with E-state index in [0.717, 1.165) is 12.1 Å². The lowest BCUT2D eigenvalue weighted by Crippen LogP contribution is -2.39. The summed E-state index contributed by atoms with van der Waals surface area (Å²) in [4.78, 5) is 11.9. The third kappa shape index (κ3) is 4.08. The number of carbonyl (C=O) groups is 1. The first kappa shape index (κ1) is 15.6. The molecule has 1 aromatic rings. The number of nitrogens with two attached hydrogens (primary N) is 1. The SMILES string of the molecule is Nc1ccc(C(=O)NCC2COCCO2)cc1C(F)(F)F. The van der Waals surface area contributed by atoms with E-state index in [9.17, 15) is 18.0 Å². The zero-order valence-electron chi connectivity index (χ0n) is 11.1. The molecule has 1 amide bonds. The molecule has 1 unspecified atom stereocenters. The van der Waals surface area contributed by atoms with Gasteiger partial charge in [-0.1, -0.05) is 0 Å². The number of carbonyl (C=O) groups excluding carboxylic acids is 1. The van der Waals surface area contributed by atoms with Gasteiger partial charge in [0.1, 0.15) is 0 Å². The Morgan fingerprint density at radius 3 is 2.76 bits per heavy atom. The van der Waals surface area contributed by atoms with Gasteiger partial charge in [0.15, 0.2) is 0 Å². The number of nitrogen functional groups attached to an aromatic ring is 1. The normalized spacial score (nSPS) is 19.3. The zero-order valence-corrected chi connectivity index (χ0v) is 11.1. The van der Waals surface area contributed by atoms with Gasteiger partial charge in [0.2, 0.25) is 0 Å². The summed E-state index contributed by atoms with van der Waals surface area (Å²) >= 11 is 0. The molecule has 1 saturated heterocycles. The Balaban J connectivity index is 2.02. The number of halogens is 3. The van der Waals surface area contributed by atoms with Gasteiger partial charge in [-0.15, -0.1) is 0 Å². The molecule has 0 aromatic heterocycles. The van der Waals surface area contributed by atoms with Gasteiger partial charge < -0.3 is 20.5 Å². The standard InChI is InChI=1S/C13H15F3N2O3/c14-13(15,16)10-5-8(1-2-11(10)17)12(19)18-6-9-7-20-3-4-21-9/h1-2,5,9H,3-4,6-7,17H2,(H,18,19). The number of anilines is 1. The second kappa shape index (κ2) is 6.31. The second-order valence-corrected chi connectivity index (χ2v) is 4.58. The molecule has 0 radical (unpaired) electrons. The smallest absolute Gasteiger partial charge is 0.398 e. The molecule has 1 fully saturated rings. The predicted octanol–water partition coefficient (Wildman–Crippen LogP) is 1.43. The molecule has 1 heterocycles. The fourth-order valence-corrected chi connectivity index (χ4v) is 1.91. The Kier molecular flexibility index (Phi) is 4.69. The molecular formula is C13H15F3N2O3. The van der Waals surface area contributed by atoms with Gasteiger partial charge >= 0.3 is 6.18 Å². The van der Waals surface area contributed by atoms with Crippen LogP contribution in [0.4, 0.5) is 18.9 Å². The number of nitrogens with one attached hydrogen (secondary N) is 1. The highest BCUT2D eigenvalue weighted by Crippen LogP contribution is 2.33. The van der Waals surface area contributed by atoms with Crippen molar-refractivity contribution in [3.05, 3.63) is 29.3 Å². The molecule has 3 N–H and O–H groups in total. The second-order valence-electron chi connectivity index (χ2n) is 4.58. The molecule has 2 rings (SSSR count). The van der Waals surface area contributed by atoms with E-state index in [2.05, 4.69) is 5.32 Å². The maximum atomic E-state index is 12.7. The van der Waals surface area contributed by atoms with Crippen LogP contribution in [0.25, 0.3) is 0 Å². The van der Waals surface area contributed by atoms with Gasteiger partial charge in [-0.2, -0.15) is 13.2 Å². The van der Waals surface area contributed by atoms with Crippen LogP contribution in [-0.2, 0) is 15.7 Å². The first-order valence-corrected chi connectivity index (χ1v) is 6.32. The van der Waals surface area contributed by atoms with E-state index in [0.29, 0.717) is 19.8 Å². The first-order valence-electron chi connectivity index (χ1n) is 6.32. The van der Waals surface area contributed by atoms with Crippen molar-refractivity contribution >= 4 is 11.6 Å². The number of amides is 1. The van der Waals surface area contributed by atoms with E-state index in [-0.39, 0.29) is 18.2 Å². The van der Waals surface area contributed by atoms with Crippen molar-refractivity contribution in [2.45, 2.75) is 12.3 Å². The molecule has 0 bridgehead atoms. The van der Waals surface area contributed by atoms with Crippen molar-refractivity contribution in [3.63, 3.8) is 0 Å².